The molecule has 1 N–H and O–H groups in total. The molecule has 0 saturated carbocycles. The standard InChI is InChI=1S/C16H16BrNO/c1-10-7-12(3)15(8-11(10)2)16(19)18-14-6-4-5-13(17)9-14/h4-9H,1-3H3,(H,18,19). The van der Waals surface area contributed by atoms with E-state index in [1.165, 1.54) is 5.56 Å². The molecule has 0 aliphatic rings. The zero-order valence-corrected chi connectivity index (χ0v) is 12.8. The number of hydrogen-bond donors (Lipinski definition) is 1. The molecule has 0 aromatic heterocycles. The summed E-state index contributed by atoms with van der Waals surface area (Å²) in [5.41, 5.74) is 4.84. The Hall–Kier alpha value is -1.61. The number of hydrogen-bond acceptors (Lipinski definition) is 1. The lowest BCUT2D eigenvalue weighted by atomic mass is 10.0. The summed E-state index contributed by atoms with van der Waals surface area (Å²) in [6.07, 6.45) is 0. The zero-order chi connectivity index (χ0) is 14.0. The maximum absolute atomic E-state index is 12.3. The normalized spacial score (nSPS) is 10.3. The fourth-order valence-electron chi connectivity index (χ4n) is 1.97. The van der Waals surface area contributed by atoms with E-state index in [-0.39, 0.29) is 5.91 Å². The van der Waals surface area contributed by atoms with Crippen LogP contribution in [-0.2, 0) is 0 Å². The number of anilines is 1. The molecule has 1 amide bonds. The van der Waals surface area contributed by atoms with Crippen LogP contribution in [0.1, 0.15) is 27.0 Å². The van der Waals surface area contributed by atoms with Gasteiger partial charge in [0.05, 0.1) is 0 Å². The largest absolute Gasteiger partial charge is 0.322 e. The number of halogens is 1. The molecule has 2 nitrogen and oxygen atoms in total. The van der Waals surface area contributed by atoms with E-state index in [0.29, 0.717) is 0 Å². The van der Waals surface area contributed by atoms with Crippen molar-refractivity contribution in [1.82, 2.24) is 0 Å². The van der Waals surface area contributed by atoms with Gasteiger partial charge in [0.1, 0.15) is 0 Å². The van der Waals surface area contributed by atoms with Crippen molar-refractivity contribution in [1.29, 1.82) is 0 Å². The van der Waals surface area contributed by atoms with Gasteiger partial charge in [-0.2, -0.15) is 0 Å². The van der Waals surface area contributed by atoms with Crippen molar-refractivity contribution in [2.75, 3.05) is 5.32 Å². The van der Waals surface area contributed by atoms with Crippen LogP contribution in [0.5, 0.6) is 0 Å². The summed E-state index contributed by atoms with van der Waals surface area (Å²) in [6.45, 7) is 6.03. The van der Waals surface area contributed by atoms with Crippen molar-refractivity contribution in [2.24, 2.45) is 0 Å². The third-order valence-corrected chi connectivity index (χ3v) is 3.66. The summed E-state index contributed by atoms with van der Waals surface area (Å²) in [7, 11) is 0. The Balaban J connectivity index is 2.28. The van der Waals surface area contributed by atoms with E-state index in [1.54, 1.807) is 0 Å². The van der Waals surface area contributed by atoms with E-state index >= 15 is 0 Å². The number of benzene rings is 2. The minimum atomic E-state index is -0.0706. The van der Waals surface area contributed by atoms with Crippen molar-refractivity contribution in [3.05, 3.63) is 63.1 Å². The summed E-state index contributed by atoms with van der Waals surface area (Å²) in [5, 5.41) is 2.92. The number of nitrogens with one attached hydrogen (secondary N) is 1. The first-order valence-electron chi connectivity index (χ1n) is 6.12. The smallest absolute Gasteiger partial charge is 0.255 e. The van der Waals surface area contributed by atoms with Crippen molar-refractivity contribution in [3.8, 4) is 0 Å². The van der Waals surface area contributed by atoms with Gasteiger partial charge >= 0.3 is 0 Å². The maximum Gasteiger partial charge on any atom is 0.255 e. The van der Waals surface area contributed by atoms with E-state index in [9.17, 15) is 4.79 Å². The quantitative estimate of drug-likeness (QED) is 0.859. The van der Waals surface area contributed by atoms with Crippen molar-refractivity contribution in [3.63, 3.8) is 0 Å². The van der Waals surface area contributed by atoms with Gasteiger partial charge in [0, 0.05) is 15.7 Å². The monoisotopic (exact) mass is 317 g/mol. The molecule has 0 unspecified atom stereocenters. The van der Waals surface area contributed by atoms with Gasteiger partial charge in [0.2, 0.25) is 0 Å². The highest BCUT2D eigenvalue weighted by molar-refractivity contribution is 9.10. The molecule has 0 radical (unpaired) electrons. The predicted molar refractivity (Wildman–Crippen MR) is 82.7 cm³/mol. The molecular formula is C16H16BrNO. The molecular weight excluding hydrogens is 302 g/mol. The van der Waals surface area contributed by atoms with Crippen LogP contribution in [0, 0.1) is 20.8 Å². The highest BCUT2D eigenvalue weighted by Crippen LogP contribution is 2.19. The minimum Gasteiger partial charge on any atom is -0.322 e. The Bertz CT molecular complexity index is 635. The van der Waals surface area contributed by atoms with E-state index < -0.39 is 0 Å². The molecule has 0 atom stereocenters. The molecule has 0 heterocycles. The van der Waals surface area contributed by atoms with Crippen LogP contribution in [0.4, 0.5) is 5.69 Å². The van der Waals surface area contributed by atoms with Gasteiger partial charge in [-0.3, -0.25) is 4.79 Å². The Labute approximate surface area is 122 Å². The molecule has 2 rings (SSSR count). The Morgan fingerprint density at radius 1 is 1.00 bits per heavy atom. The second-order valence-corrected chi connectivity index (χ2v) is 5.63. The van der Waals surface area contributed by atoms with Gasteiger partial charge in [0.25, 0.3) is 5.91 Å². The third-order valence-electron chi connectivity index (χ3n) is 3.17. The number of carbonyl (C=O) groups is 1. The fraction of sp³-hybridized carbons (Fsp3) is 0.188. The lowest BCUT2D eigenvalue weighted by molar-refractivity contribution is 0.102. The molecule has 2 aromatic rings. The molecule has 0 bridgehead atoms. The van der Waals surface area contributed by atoms with Crippen molar-refractivity contribution < 1.29 is 4.79 Å². The predicted octanol–water partition coefficient (Wildman–Crippen LogP) is 4.63. The molecule has 0 aliphatic heterocycles. The average Bonchev–Trinajstić information content (AvgIpc) is 2.33. The number of amides is 1. The van der Waals surface area contributed by atoms with E-state index in [2.05, 4.69) is 28.2 Å². The first-order chi connectivity index (χ1) is 8.97. The van der Waals surface area contributed by atoms with Crippen LogP contribution in [0.25, 0.3) is 0 Å². The zero-order valence-electron chi connectivity index (χ0n) is 11.3. The lowest BCUT2D eigenvalue weighted by Gasteiger charge is -2.10. The van der Waals surface area contributed by atoms with Crippen LogP contribution in [-0.4, -0.2) is 5.91 Å². The number of carbonyl (C=O) groups excluding carboxylic acids is 1. The maximum atomic E-state index is 12.3. The third kappa shape index (κ3) is 3.24. The van der Waals surface area contributed by atoms with Crippen LogP contribution < -0.4 is 5.32 Å². The molecule has 0 saturated heterocycles. The van der Waals surface area contributed by atoms with Crippen molar-refractivity contribution >= 4 is 27.5 Å². The van der Waals surface area contributed by atoms with Gasteiger partial charge in [-0.05, 0) is 61.7 Å². The Morgan fingerprint density at radius 2 is 1.68 bits per heavy atom. The molecule has 0 aliphatic carbocycles. The molecule has 0 spiro atoms. The summed E-state index contributed by atoms with van der Waals surface area (Å²) >= 11 is 3.39. The summed E-state index contributed by atoms with van der Waals surface area (Å²) in [5.74, 6) is -0.0706. The Morgan fingerprint density at radius 3 is 2.37 bits per heavy atom. The van der Waals surface area contributed by atoms with Crippen LogP contribution in [0.15, 0.2) is 40.9 Å². The van der Waals surface area contributed by atoms with E-state index in [4.69, 9.17) is 0 Å². The summed E-state index contributed by atoms with van der Waals surface area (Å²) in [4.78, 5) is 12.3. The average molecular weight is 318 g/mol. The lowest BCUT2D eigenvalue weighted by Crippen LogP contribution is -2.13. The summed E-state index contributed by atoms with van der Waals surface area (Å²) in [6, 6.07) is 11.6. The van der Waals surface area contributed by atoms with Gasteiger partial charge in [-0.1, -0.05) is 28.1 Å². The molecule has 3 heteroatoms. The first-order valence-corrected chi connectivity index (χ1v) is 6.91. The number of aryl methyl sites for hydroxylation is 3. The van der Waals surface area contributed by atoms with Gasteiger partial charge in [0.15, 0.2) is 0 Å². The number of rotatable bonds is 2. The SMILES string of the molecule is Cc1cc(C)c(C(=O)Nc2cccc(Br)c2)cc1C. The second kappa shape index (κ2) is 5.57. The van der Waals surface area contributed by atoms with E-state index in [0.717, 1.165) is 26.9 Å². The molecule has 98 valence electrons. The minimum absolute atomic E-state index is 0.0706. The molecule has 2 aromatic carbocycles. The van der Waals surface area contributed by atoms with Gasteiger partial charge in [-0.15, -0.1) is 0 Å². The second-order valence-electron chi connectivity index (χ2n) is 4.72. The summed E-state index contributed by atoms with van der Waals surface area (Å²) < 4.78 is 0.946. The van der Waals surface area contributed by atoms with Crippen molar-refractivity contribution in [2.45, 2.75) is 20.8 Å². The highest BCUT2D eigenvalue weighted by Gasteiger charge is 2.11. The van der Waals surface area contributed by atoms with Gasteiger partial charge < -0.3 is 5.32 Å². The molecule has 0 fully saturated rings. The van der Waals surface area contributed by atoms with Crippen LogP contribution in [0.3, 0.4) is 0 Å². The van der Waals surface area contributed by atoms with Gasteiger partial charge in [-0.25, -0.2) is 0 Å². The Kier molecular flexibility index (Phi) is 4.05. The van der Waals surface area contributed by atoms with E-state index in [1.807, 2.05) is 50.2 Å². The molecule has 19 heavy (non-hydrogen) atoms. The van der Waals surface area contributed by atoms with Crippen LogP contribution >= 0.6 is 15.9 Å². The highest BCUT2D eigenvalue weighted by atomic mass is 79.9. The topological polar surface area (TPSA) is 29.1 Å². The first kappa shape index (κ1) is 13.8. The van der Waals surface area contributed by atoms with Crippen LogP contribution in [0.2, 0.25) is 0 Å². The fourth-order valence-corrected chi connectivity index (χ4v) is 2.37.